The monoisotopic (exact) mass is 427 g/mol. The quantitative estimate of drug-likeness (QED) is 0.515. The molecule has 8 heteroatoms. The van der Waals surface area contributed by atoms with E-state index in [1.807, 2.05) is 56.0 Å². The summed E-state index contributed by atoms with van der Waals surface area (Å²) in [6.45, 7) is 7.19. The van der Waals surface area contributed by atoms with Gasteiger partial charge in [0.15, 0.2) is 5.82 Å². The number of nitro groups is 1. The van der Waals surface area contributed by atoms with Crippen molar-refractivity contribution in [3.63, 3.8) is 0 Å². The Labute approximate surface area is 180 Å². The molecule has 1 heterocycles. The molecule has 1 saturated carbocycles. The first-order valence-corrected chi connectivity index (χ1v) is 10.4. The Morgan fingerprint density at radius 2 is 1.84 bits per heavy atom. The van der Waals surface area contributed by atoms with Gasteiger partial charge in [0.1, 0.15) is 5.60 Å². The Kier molecular flexibility index (Phi) is 5.33. The molecule has 2 fully saturated rings. The number of ether oxygens (including phenoxy) is 1. The van der Waals surface area contributed by atoms with Crippen molar-refractivity contribution in [2.75, 3.05) is 18.0 Å². The van der Waals surface area contributed by atoms with Crippen LogP contribution in [0.4, 0.5) is 20.6 Å². The summed E-state index contributed by atoms with van der Waals surface area (Å²) < 4.78 is 20.1. The summed E-state index contributed by atoms with van der Waals surface area (Å²) in [5, 5.41) is 10.9. The number of rotatable bonds is 5. The zero-order valence-electron chi connectivity index (χ0n) is 17.8. The second-order valence-electron chi connectivity index (χ2n) is 9.21. The Bertz CT molecular complexity index is 980. The van der Waals surface area contributed by atoms with Gasteiger partial charge in [-0.1, -0.05) is 30.3 Å². The summed E-state index contributed by atoms with van der Waals surface area (Å²) in [6, 6.07) is 13.5. The Morgan fingerprint density at radius 1 is 1.19 bits per heavy atom. The minimum atomic E-state index is -0.605. The van der Waals surface area contributed by atoms with Crippen molar-refractivity contribution in [3.8, 4) is 0 Å². The van der Waals surface area contributed by atoms with Crippen LogP contribution >= 0.6 is 0 Å². The molecule has 2 aromatic carbocycles. The van der Waals surface area contributed by atoms with Crippen molar-refractivity contribution in [2.24, 2.45) is 11.8 Å². The molecule has 0 aromatic heterocycles. The third-order valence-corrected chi connectivity index (χ3v) is 5.82. The van der Waals surface area contributed by atoms with E-state index < -0.39 is 16.3 Å². The molecule has 4 rings (SSSR count). The Morgan fingerprint density at radius 3 is 2.39 bits per heavy atom. The molecule has 164 valence electrons. The molecule has 7 nitrogen and oxygen atoms in total. The molecule has 2 aliphatic rings. The third-order valence-electron chi connectivity index (χ3n) is 5.82. The standard InChI is InChI=1S/C23H26FN3O4/c1-23(2,3)31-22(28)26(12-15-7-5-4-6-8-15)21-17-13-25(14-18(17)21)20-10-9-16(27(29)30)11-19(20)24/h4-11,17-18,21H,12-14H2,1-3H3/t17-,18+,21+. The maximum Gasteiger partial charge on any atom is 0.410 e. The van der Waals surface area contributed by atoms with Crippen LogP contribution in [0.1, 0.15) is 26.3 Å². The summed E-state index contributed by atoms with van der Waals surface area (Å²) in [6.07, 6.45) is -0.344. The fourth-order valence-electron chi connectivity index (χ4n) is 4.41. The van der Waals surface area contributed by atoms with E-state index in [0.717, 1.165) is 11.6 Å². The SMILES string of the molecule is CC(C)(C)OC(=O)N(Cc1ccccc1)[C@H]1[C@@H]2CN(c3ccc([N+](=O)[O-])cc3F)C[C@@H]21. The molecule has 0 bridgehead atoms. The zero-order valence-corrected chi connectivity index (χ0v) is 17.8. The molecule has 0 spiro atoms. The van der Waals surface area contributed by atoms with Crippen molar-refractivity contribution in [3.05, 3.63) is 70.0 Å². The molecule has 0 N–H and O–H groups in total. The predicted molar refractivity (Wildman–Crippen MR) is 114 cm³/mol. The molecule has 0 radical (unpaired) electrons. The number of hydrogen-bond donors (Lipinski definition) is 0. The van der Waals surface area contributed by atoms with E-state index in [1.165, 1.54) is 12.1 Å². The van der Waals surface area contributed by atoms with E-state index in [0.29, 0.717) is 25.3 Å². The second kappa shape index (κ2) is 7.83. The van der Waals surface area contributed by atoms with Gasteiger partial charge in [0, 0.05) is 43.6 Å². The summed E-state index contributed by atoms with van der Waals surface area (Å²) in [5.41, 5.74) is 0.534. The summed E-state index contributed by atoms with van der Waals surface area (Å²) in [4.78, 5) is 26.9. The normalized spacial score (nSPS) is 22.1. The molecule has 1 saturated heterocycles. The number of nitro benzene ring substituents is 1. The van der Waals surface area contributed by atoms with Gasteiger partial charge in [-0.25, -0.2) is 9.18 Å². The van der Waals surface area contributed by atoms with Crippen LogP contribution in [0.5, 0.6) is 0 Å². The molecule has 31 heavy (non-hydrogen) atoms. The Hall–Kier alpha value is -3.16. The number of amides is 1. The lowest BCUT2D eigenvalue weighted by atomic mass is 10.2. The predicted octanol–water partition coefficient (Wildman–Crippen LogP) is 4.61. The summed E-state index contributed by atoms with van der Waals surface area (Å²) in [5.74, 6) is -0.169. The van der Waals surface area contributed by atoms with Crippen molar-refractivity contribution < 1.29 is 18.8 Å². The average Bonchev–Trinajstić information content (AvgIpc) is 3.17. The first kappa shape index (κ1) is 21.1. The molecule has 0 unspecified atom stereocenters. The van der Waals surface area contributed by atoms with Gasteiger partial charge < -0.3 is 14.5 Å². The fraction of sp³-hybridized carbons (Fsp3) is 0.435. The number of piperidine rings is 1. The largest absolute Gasteiger partial charge is 0.444 e. The van der Waals surface area contributed by atoms with Crippen molar-refractivity contribution in [1.82, 2.24) is 4.90 Å². The third kappa shape index (κ3) is 4.47. The molecule has 2 aromatic rings. The maximum absolute atomic E-state index is 14.4. The van der Waals surface area contributed by atoms with Crippen LogP contribution in [-0.4, -0.2) is 40.6 Å². The number of carbonyl (C=O) groups excluding carboxylic acids is 1. The summed E-state index contributed by atoms with van der Waals surface area (Å²) >= 11 is 0. The highest BCUT2D eigenvalue weighted by molar-refractivity contribution is 5.70. The number of nitrogens with zero attached hydrogens (tertiary/aromatic N) is 3. The van der Waals surface area contributed by atoms with E-state index in [2.05, 4.69) is 0 Å². The van der Waals surface area contributed by atoms with Crippen LogP contribution in [0.2, 0.25) is 0 Å². The summed E-state index contributed by atoms with van der Waals surface area (Å²) in [7, 11) is 0. The molecular formula is C23H26FN3O4. The highest BCUT2D eigenvalue weighted by Gasteiger charge is 2.60. The van der Waals surface area contributed by atoms with Crippen molar-refractivity contribution in [1.29, 1.82) is 0 Å². The van der Waals surface area contributed by atoms with Gasteiger partial charge in [-0.15, -0.1) is 0 Å². The molecule has 1 amide bonds. The zero-order chi connectivity index (χ0) is 22.3. The first-order valence-electron chi connectivity index (χ1n) is 10.4. The molecule has 3 atom stereocenters. The number of carbonyl (C=O) groups is 1. The number of benzene rings is 2. The lowest BCUT2D eigenvalue weighted by molar-refractivity contribution is -0.385. The maximum atomic E-state index is 14.4. The number of non-ortho nitro benzene ring substituents is 1. The van der Waals surface area contributed by atoms with Gasteiger partial charge in [-0.3, -0.25) is 10.1 Å². The highest BCUT2D eigenvalue weighted by atomic mass is 19.1. The van der Waals surface area contributed by atoms with E-state index >= 15 is 0 Å². The molecular weight excluding hydrogens is 401 g/mol. The van der Waals surface area contributed by atoms with Crippen molar-refractivity contribution >= 4 is 17.5 Å². The van der Waals surface area contributed by atoms with Crippen molar-refractivity contribution in [2.45, 2.75) is 39.0 Å². The van der Waals surface area contributed by atoms with Crippen LogP contribution in [0, 0.1) is 27.8 Å². The number of hydrogen-bond acceptors (Lipinski definition) is 5. The lowest BCUT2D eigenvalue weighted by Crippen LogP contribution is -2.41. The van der Waals surface area contributed by atoms with E-state index in [4.69, 9.17) is 4.74 Å². The Balaban J connectivity index is 1.48. The minimum Gasteiger partial charge on any atom is -0.444 e. The molecule has 1 aliphatic carbocycles. The average molecular weight is 427 g/mol. The van der Waals surface area contributed by atoms with Crippen LogP contribution in [0.25, 0.3) is 0 Å². The number of anilines is 1. The highest BCUT2D eigenvalue weighted by Crippen LogP contribution is 2.51. The van der Waals surface area contributed by atoms with Crippen LogP contribution < -0.4 is 4.90 Å². The van der Waals surface area contributed by atoms with E-state index in [1.54, 1.807) is 4.90 Å². The topological polar surface area (TPSA) is 75.9 Å². The van der Waals surface area contributed by atoms with E-state index in [9.17, 15) is 19.3 Å². The first-order chi connectivity index (χ1) is 14.6. The van der Waals surface area contributed by atoms with Gasteiger partial charge in [0.25, 0.3) is 5.69 Å². The number of halogens is 1. The van der Waals surface area contributed by atoms with Gasteiger partial charge in [0.05, 0.1) is 16.7 Å². The smallest absolute Gasteiger partial charge is 0.410 e. The van der Waals surface area contributed by atoms with Crippen LogP contribution in [-0.2, 0) is 11.3 Å². The van der Waals surface area contributed by atoms with Crippen LogP contribution in [0.15, 0.2) is 48.5 Å². The second-order valence-corrected chi connectivity index (χ2v) is 9.21. The van der Waals surface area contributed by atoms with Gasteiger partial charge in [0.2, 0.25) is 0 Å². The van der Waals surface area contributed by atoms with Gasteiger partial charge in [-0.2, -0.15) is 0 Å². The van der Waals surface area contributed by atoms with Gasteiger partial charge in [-0.05, 0) is 32.4 Å². The number of fused-ring (bicyclic) bond motifs is 1. The molecule has 1 aliphatic heterocycles. The fourth-order valence-corrected chi connectivity index (χ4v) is 4.41. The lowest BCUT2D eigenvalue weighted by Gasteiger charge is -2.31. The van der Waals surface area contributed by atoms with Gasteiger partial charge >= 0.3 is 6.09 Å². The minimum absolute atomic E-state index is 0.0346. The van der Waals surface area contributed by atoms with Crippen LogP contribution in [0.3, 0.4) is 0 Å². The van der Waals surface area contributed by atoms with E-state index in [-0.39, 0.29) is 29.7 Å².